The van der Waals surface area contributed by atoms with Gasteiger partial charge in [-0.15, -0.1) is 0 Å². The van der Waals surface area contributed by atoms with E-state index in [9.17, 15) is 19.6 Å². The zero-order valence-corrected chi connectivity index (χ0v) is 12.4. The fourth-order valence-corrected chi connectivity index (χ4v) is 2.73. The minimum atomic E-state index is -4.74. The molecule has 126 valence electrons. The van der Waals surface area contributed by atoms with Gasteiger partial charge in [0.2, 0.25) is 0 Å². The van der Waals surface area contributed by atoms with Crippen molar-refractivity contribution in [1.82, 2.24) is 15.0 Å². The van der Waals surface area contributed by atoms with Crippen LogP contribution in [0.15, 0.2) is 17.1 Å². The molecule has 0 radical (unpaired) electrons. The average molecular weight is 347 g/mol. The van der Waals surface area contributed by atoms with Gasteiger partial charge < -0.3 is 34.7 Å². The Labute approximate surface area is 128 Å². The van der Waals surface area contributed by atoms with Crippen molar-refractivity contribution in [3.8, 4) is 0 Å². The minimum absolute atomic E-state index is 0.0184. The van der Waals surface area contributed by atoms with Gasteiger partial charge in [-0.3, -0.25) is 9.32 Å². The quantitative estimate of drug-likeness (QED) is 0.360. The van der Waals surface area contributed by atoms with E-state index in [1.807, 2.05) is 0 Å². The number of nitrogens with one attached hydrogen (secondary N) is 2. The Morgan fingerprint density at radius 2 is 2.09 bits per heavy atom. The summed E-state index contributed by atoms with van der Waals surface area (Å²) in [5, 5.41) is 20.2. The molecule has 1 saturated heterocycles. The maximum atomic E-state index is 11.9. The number of aromatic nitrogens is 3. The van der Waals surface area contributed by atoms with Crippen molar-refractivity contribution in [3.63, 3.8) is 0 Å². The Morgan fingerprint density at radius 3 is 2.78 bits per heavy atom. The van der Waals surface area contributed by atoms with Gasteiger partial charge in [0.25, 0.3) is 5.56 Å². The third kappa shape index (κ3) is 3.21. The van der Waals surface area contributed by atoms with Crippen molar-refractivity contribution in [1.29, 1.82) is 0 Å². The van der Waals surface area contributed by atoms with E-state index >= 15 is 0 Å². The first-order valence-electron chi connectivity index (χ1n) is 6.55. The number of aliphatic hydroxyl groups excluding tert-OH is 2. The van der Waals surface area contributed by atoms with Crippen LogP contribution in [-0.4, -0.2) is 59.9 Å². The molecular formula is C11H14N3O8P. The SMILES string of the molecule is O=c1[nH]c([C@@H]2O[C@H](COP(=O)(O)O)[C@@H](O)[C@@H]2O)nc2[nH]ccc12. The molecule has 3 rings (SSSR count). The number of aliphatic hydroxyl groups is 2. The minimum Gasteiger partial charge on any atom is -0.387 e. The lowest BCUT2D eigenvalue weighted by atomic mass is 10.1. The number of hydrogen-bond acceptors (Lipinski definition) is 7. The molecule has 0 bridgehead atoms. The molecule has 23 heavy (non-hydrogen) atoms. The van der Waals surface area contributed by atoms with Crippen LogP contribution in [0.3, 0.4) is 0 Å². The molecule has 1 fully saturated rings. The molecule has 1 aliphatic heterocycles. The van der Waals surface area contributed by atoms with E-state index < -0.39 is 44.4 Å². The first-order chi connectivity index (χ1) is 10.8. The van der Waals surface area contributed by atoms with Crippen LogP contribution in [0.4, 0.5) is 0 Å². The topological polar surface area (TPSA) is 178 Å². The first kappa shape index (κ1) is 16.3. The van der Waals surface area contributed by atoms with E-state index in [4.69, 9.17) is 14.5 Å². The van der Waals surface area contributed by atoms with Crippen LogP contribution >= 0.6 is 7.82 Å². The summed E-state index contributed by atoms with van der Waals surface area (Å²) in [5.41, 5.74) is -0.171. The highest BCUT2D eigenvalue weighted by Crippen LogP contribution is 2.38. The number of ether oxygens (including phenoxy) is 1. The average Bonchev–Trinajstić information content (AvgIpc) is 3.03. The summed E-state index contributed by atoms with van der Waals surface area (Å²) in [5.74, 6) is -0.0184. The van der Waals surface area contributed by atoms with E-state index in [2.05, 4.69) is 19.5 Å². The molecule has 0 unspecified atom stereocenters. The van der Waals surface area contributed by atoms with Gasteiger partial charge in [0, 0.05) is 6.20 Å². The zero-order chi connectivity index (χ0) is 16.8. The number of phosphoric acid groups is 1. The van der Waals surface area contributed by atoms with Gasteiger partial charge in [0.1, 0.15) is 35.9 Å². The summed E-state index contributed by atoms with van der Waals surface area (Å²) >= 11 is 0. The van der Waals surface area contributed by atoms with E-state index in [0.717, 1.165) is 0 Å². The second-order valence-electron chi connectivity index (χ2n) is 5.05. The smallest absolute Gasteiger partial charge is 0.387 e. The van der Waals surface area contributed by atoms with Crippen LogP contribution in [0, 0.1) is 0 Å². The molecule has 0 saturated carbocycles. The number of fused-ring (bicyclic) bond motifs is 1. The summed E-state index contributed by atoms with van der Waals surface area (Å²) < 4.78 is 20.3. The van der Waals surface area contributed by atoms with E-state index in [1.54, 1.807) is 0 Å². The van der Waals surface area contributed by atoms with Gasteiger partial charge in [0.05, 0.1) is 12.0 Å². The number of phosphoric ester groups is 1. The van der Waals surface area contributed by atoms with E-state index in [1.165, 1.54) is 12.3 Å². The second kappa shape index (κ2) is 5.80. The molecule has 2 aromatic heterocycles. The summed E-state index contributed by atoms with van der Waals surface area (Å²) in [6, 6.07) is 1.53. The fourth-order valence-electron chi connectivity index (χ4n) is 2.39. The molecule has 0 aliphatic carbocycles. The number of H-pyrrole nitrogens is 2. The summed E-state index contributed by atoms with van der Waals surface area (Å²) in [6.07, 6.45) is -3.75. The normalized spacial score (nSPS) is 28.5. The Hall–Kier alpha value is -1.59. The van der Waals surface area contributed by atoms with Crippen LogP contribution in [0.2, 0.25) is 0 Å². The molecular weight excluding hydrogens is 333 g/mol. The predicted octanol–water partition coefficient (Wildman–Crippen LogP) is -1.48. The third-order valence-electron chi connectivity index (χ3n) is 3.48. The van der Waals surface area contributed by atoms with Crippen molar-refractivity contribution >= 4 is 18.9 Å². The largest absolute Gasteiger partial charge is 0.469 e. The number of nitrogens with zero attached hydrogens (tertiary/aromatic N) is 1. The number of aromatic amines is 2. The molecule has 6 N–H and O–H groups in total. The summed E-state index contributed by atoms with van der Waals surface area (Å²) in [7, 11) is -4.74. The lowest BCUT2D eigenvalue weighted by molar-refractivity contribution is -0.0247. The Balaban J connectivity index is 1.84. The fraction of sp³-hybridized carbons (Fsp3) is 0.455. The maximum Gasteiger partial charge on any atom is 0.469 e. The Morgan fingerprint density at radius 1 is 1.35 bits per heavy atom. The summed E-state index contributed by atoms with van der Waals surface area (Å²) in [4.78, 5) is 38.5. The molecule has 4 atom stereocenters. The standard InChI is InChI=1S/C11H14N3O8P/c15-6-5(3-21-23(18,19)20)22-8(7(6)16)10-13-9-4(1-2-12-9)11(17)14-10/h1-2,5-8,15-16H,3H2,(H2,18,19,20)(H2,12,13,14,17)/t5-,6-,7+,8-/m1/s1. The highest BCUT2D eigenvalue weighted by molar-refractivity contribution is 7.46. The predicted molar refractivity (Wildman–Crippen MR) is 74.3 cm³/mol. The van der Waals surface area contributed by atoms with Crippen molar-refractivity contribution < 1.29 is 33.8 Å². The molecule has 0 spiro atoms. The highest BCUT2D eigenvalue weighted by Gasteiger charge is 2.45. The van der Waals surface area contributed by atoms with E-state index in [-0.39, 0.29) is 11.5 Å². The lowest BCUT2D eigenvalue weighted by Crippen LogP contribution is -2.33. The van der Waals surface area contributed by atoms with Gasteiger partial charge in [-0.1, -0.05) is 0 Å². The monoisotopic (exact) mass is 347 g/mol. The van der Waals surface area contributed by atoms with Crippen molar-refractivity contribution in [3.05, 3.63) is 28.4 Å². The van der Waals surface area contributed by atoms with Gasteiger partial charge in [-0.2, -0.15) is 0 Å². The molecule has 2 aromatic rings. The second-order valence-corrected chi connectivity index (χ2v) is 6.29. The number of rotatable bonds is 4. The van der Waals surface area contributed by atoms with Gasteiger partial charge >= 0.3 is 7.82 Å². The maximum absolute atomic E-state index is 11.9. The number of hydrogen-bond donors (Lipinski definition) is 6. The van der Waals surface area contributed by atoms with Crippen LogP contribution in [-0.2, 0) is 13.8 Å². The molecule has 0 amide bonds. The third-order valence-corrected chi connectivity index (χ3v) is 3.97. The first-order valence-corrected chi connectivity index (χ1v) is 8.08. The molecule has 0 aromatic carbocycles. The molecule has 3 heterocycles. The van der Waals surface area contributed by atoms with Crippen LogP contribution in [0.1, 0.15) is 11.9 Å². The van der Waals surface area contributed by atoms with E-state index in [0.29, 0.717) is 5.39 Å². The molecule has 1 aliphatic rings. The van der Waals surface area contributed by atoms with Gasteiger partial charge in [0.15, 0.2) is 0 Å². The lowest BCUT2D eigenvalue weighted by Gasteiger charge is -2.14. The molecule has 12 heteroatoms. The summed E-state index contributed by atoms with van der Waals surface area (Å²) in [6.45, 7) is -0.631. The van der Waals surface area contributed by atoms with Crippen molar-refractivity contribution in [2.75, 3.05) is 6.61 Å². The van der Waals surface area contributed by atoms with Gasteiger partial charge in [-0.25, -0.2) is 9.55 Å². The van der Waals surface area contributed by atoms with Crippen LogP contribution in [0.25, 0.3) is 11.0 Å². The van der Waals surface area contributed by atoms with Gasteiger partial charge in [-0.05, 0) is 6.07 Å². The van der Waals surface area contributed by atoms with Crippen LogP contribution in [0.5, 0.6) is 0 Å². The Kier molecular flexibility index (Phi) is 4.10. The van der Waals surface area contributed by atoms with Crippen LogP contribution < -0.4 is 5.56 Å². The van der Waals surface area contributed by atoms with Crippen molar-refractivity contribution in [2.24, 2.45) is 0 Å². The Bertz CT molecular complexity index is 813. The highest BCUT2D eigenvalue weighted by atomic mass is 31.2. The molecule has 11 nitrogen and oxygen atoms in total. The zero-order valence-electron chi connectivity index (χ0n) is 11.5. The van der Waals surface area contributed by atoms with Crippen molar-refractivity contribution in [2.45, 2.75) is 24.4 Å².